The lowest BCUT2D eigenvalue weighted by atomic mass is 10.1. The largest absolute Gasteiger partial charge is 0.378 e. The topological polar surface area (TPSA) is 70.2 Å². The predicted molar refractivity (Wildman–Crippen MR) is 110 cm³/mol. The van der Waals surface area contributed by atoms with Crippen LogP contribution in [-0.2, 0) is 25.5 Å². The third-order valence-corrected chi connectivity index (χ3v) is 5.72. The quantitative estimate of drug-likeness (QED) is 0.670. The Bertz CT molecular complexity index is 757. The summed E-state index contributed by atoms with van der Waals surface area (Å²) in [7, 11) is 1.60. The third kappa shape index (κ3) is 5.93. The van der Waals surface area contributed by atoms with Crippen LogP contribution in [0, 0.1) is 0 Å². The van der Waals surface area contributed by atoms with Crippen LogP contribution in [0.2, 0.25) is 5.02 Å². The lowest BCUT2D eigenvalue weighted by Gasteiger charge is -2.24. The van der Waals surface area contributed by atoms with Gasteiger partial charge in [-0.3, -0.25) is 14.4 Å². The van der Waals surface area contributed by atoms with Gasteiger partial charge in [0.15, 0.2) is 0 Å². The molecular formula is C21H28ClN3O4. The number of halogens is 1. The minimum absolute atomic E-state index is 0.0436. The minimum Gasteiger partial charge on any atom is -0.378 e. The van der Waals surface area contributed by atoms with Crippen molar-refractivity contribution in [1.82, 2.24) is 14.7 Å². The fourth-order valence-electron chi connectivity index (χ4n) is 3.86. The number of amides is 3. The highest BCUT2D eigenvalue weighted by molar-refractivity contribution is 6.30. The first-order valence-electron chi connectivity index (χ1n) is 10.1. The van der Waals surface area contributed by atoms with Gasteiger partial charge in [-0.05, 0) is 30.5 Å². The fraction of sp³-hybridized carbons (Fsp3) is 0.571. The van der Waals surface area contributed by atoms with Crippen molar-refractivity contribution in [2.75, 3.05) is 46.4 Å². The van der Waals surface area contributed by atoms with Crippen LogP contribution in [-0.4, -0.2) is 84.9 Å². The van der Waals surface area contributed by atoms with E-state index in [1.165, 1.54) is 0 Å². The Kier molecular flexibility index (Phi) is 7.50. The van der Waals surface area contributed by atoms with Crippen LogP contribution < -0.4 is 0 Å². The minimum atomic E-state index is -0.238. The van der Waals surface area contributed by atoms with Gasteiger partial charge in [-0.1, -0.05) is 23.7 Å². The highest BCUT2D eigenvalue weighted by Crippen LogP contribution is 2.15. The van der Waals surface area contributed by atoms with E-state index in [4.69, 9.17) is 16.3 Å². The maximum atomic E-state index is 12.8. The summed E-state index contributed by atoms with van der Waals surface area (Å²) in [6.07, 6.45) is 2.22. The normalized spacial score (nSPS) is 20.3. The van der Waals surface area contributed by atoms with Crippen molar-refractivity contribution in [3.05, 3.63) is 34.9 Å². The van der Waals surface area contributed by atoms with Crippen molar-refractivity contribution in [2.45, 2.75) is 31.8 Å². The van der Waals surface area contributed by atoms with Crippen molar-refractivity contribution in [3.63, 3.8) is 0 Å². The van der Waals surface area contributed by atoms with E-state index in [1.54, 1.807) is 29.0 Å². The number of benzene rings is 1. The average Bonchev–Trinajstić information content (AvgIpc) is 3.02. The average molecular weight is 422 g/mol. The number of nitrogens with zero attached hydrogens (tertiary/aromatic N) is 3. The molecule has 2 aliphatic heterocycles. The van der Waals surface area contributed by atoms with Crippen LogP contribution in [0.5, 0.6) is 0 Å². The number of methoxy groups -OCH3 is 1. The second-order valence-electron chi connectivity index (χ2n) is 7.62. The SMILES string of the molecule is COC1CN(CCCN2CCCC2=O)C(=O)CN(C(=O)Cc2cccc(Cl)c2)C1. The van der Waals surface area contributed by atoms with Gasteiger partial charge < -0.3 is 19.4 Å². The Morgan fingerprint density at radius 1 is 1.17 bits per heavy atom. The Hall–Kier alpha value is -2.12. The van der Waals surface area contributed by atoms with Crippen LogP contribution in [0.15, 0.2) is 24.3 Å². The van der Waals surface area contributed by atoms with E-state index in [0.29, 0.717) is 37.6 Å². The Morgan fingerprint density at radius 3 is 2.66 bits per heavy atom. The molecule has 7 nitrogen and oxygen atoms in total. The summed E-state index contributed by atoms with van der Waals surface area (Å²) < 4.78 is 5.52. The lowest BCUT2D eigenvalue weighted by molar-refractivity contribution is -0.138. The molecule has 1 unspecified atom stereocenters. The molecule has 0 N–H and O–H groups in total. The third-order valence-electron chi connectivity index (χ3n) is 5.48. The monoisotopic (exact) mass is 421 g/mol. The molecule has 8 heteroatoms. The van der Waals surface area contributed by atoms with Crippen molar-refractivity contribution in [2.24, 2.45) is 0 Å². The van der Waals surface area contributed by atoms with Gasteiger partial charge in [0.25, 0.3) is 0 Å². The summed E-state index contributed by atoms with van der Waals surface area (Å²) in [6, 6.07) is 7.19. The Balaban J connectivity index is 1.57. The van der Waals surface area contributed by atoms with Crippen LogP contribution in [0.4, 0.5) is 0 Å². The molecule has 0 saturated carbocycles. The van der Waals surface area contributed by atoms with E-state index in [0.717, 1.165) is 24.9 Å². The van der Waals surface area contributed by atoms with Crippen LogP contribution >= 0.6 is 11.6 Å². The maximum Gasteiger partial charge on any atom is 0.242 e. The van der Waals surface area contributed by atoms with Gasteiger partial charge in [0.2, 0.25) is 17.7 Å². The summed E-state index contributed by atoms with van der Waals surface area (Å²) in [6.45, 7) is 2.89. The van der Waals surface area contributed by atoms with Gasteiger partial charge in [0.05, 0.1) is 19.1 Å². The number of carbonyl (C=O) groups excluding carboxylic acids is 3. The highest BCUT2D eigenvalue weighted by atomic mass is 35.5. The summed E-state index contributed by atoms with van der Waals surface area (Å²) in [5.74, 6) is -0.0105. The van der Waals surface area contributed by atoms with E-state index in [-0.39, 0.29) is 36.8 Å². The first-order chi connectivity index (χ1) is 14.0. The zero-order chi connectivity index (χ0) is 20.8. The number of hydrogen-bond donors (Lipinski definition) is 0. The van der Waals surface area contributed by atoms with Crippen molar-refractivity contribution >= 4 is 29.3 Å². The number of rotatable bonds is 7. The molecule has 2 aliphatic rings. The fourth-order valence-corrected chi connectivity index (χ4v) is 4.07. The smallest absolute Gasteiger partial charge is 0.242 e. The van der Waals surface area contributed by atoms with Gasteiger partial charge in [0, 0.05) is 51.3 Å². The van der Waals surface area contributed by atoms with E-state index in [1.807, 2.05) is 17.0 Å². The molecule has 29 heavy (non-hydrogen) atoms. The van der Waals surface area contributed by atoms with Gasteiger partial charge >= 0.3 is 0 Å². The summed E-state index contributed by atoms with van der Waals surface area (Å²) in [5, 5.41) is 0.583. The number of hydrogen-bond acceptors (Lipinski definition) is 4. The van der Waals surface area contributed by atoms with Crippen molar-refractivity contribution in [3.8, 4) is 0 Å². The zero-order valence-corrected chi connectivity index (χ0v) is 17.6. The molecule has 0 bridgehead atoms. The van der Waals surface area contributed by atoms with E-state index < -0.39 is 0 Å². The van der Waals surface area contributed by atoms with Crippen LogP contribution in [0.25, 0.3) is 0 Å². The number of likely N-dealkylation sites (tertiary alicyclic amines) is 1. The molecule has 2 fully saturated rings. The van der Waals surface area contributed by atoms with Gasteiger partial charge in [-0.2, -0.15) is 0 Å². The lowest BCUT2D eigenvalue weighted by Crippen LogP contribution is -2.41. The summed E-state index contributed by atoms with van der Waals surface area (Å²) in [5.41, 5.74) is 0.820. The molecule has 1 aromatic rings. The molecule has 0 spiro atoms. The molecule has 158 valence electrons. The first kappa shape index (κ1) is 21.6. The summed E-state index contributed by atoms with van der Waals surface area (Å²) >= 11 is 6.00. The van der Waals surface area contributed by atoms with Crippen molar-refractivity contribution in [1.29, 1.82) is 0 Å². The molecule has 2 heterocycles. The number of ether oxygens (including phenoxy) is 1. The molecule has 0 aliphatic carbocycles. The molecule has 0 aromatic heterocycles. The summed E-state index contributed by atoms with van der Waals surface area (Å²) in [4.78, 5) is 42.5. The van der Waals surface area contributed by atoms with Gasteiger partial charge in [0.1, 0.15) is 0 Å². The molecular weight excluding hydrogens is 394 g/mol. The van der Waals surface area contributed by atoms with E-state index in [9.17, 15) is 14.4 Å². The standard InChI is InChI=1S/C21H28ClN3O4/c1-29-18-13-24(10-4-9-23-8-3-7-19(23)26)21(28)15-25(14-18)20(27)12-16-5-2-6-17(22)11-16/h2,5-6,11,18H,3-4,7-10,12-15H2,1H3. The van der Waals surface area contributed by atoms with Crippen LogP contribution in [0.1, 0.15) is 24.8 Å². The maximum absolute atomic E-state index is 12.8. The molecule has 3 amide bonds. The number of carbonyl (C=O) groups is 3. The van der Waals surface area contributed by atoms with E-state index >= 15 is 0 Å². The Labute approximate surface area is 176 Å². The molecule has 2 saturated heterocycles. The molecule has 1 aromatic carbocycles. The van der Waals surface area contributed by atoms with Crippen molar-refractivity contribution < 1.29 is 19.1 Å². The molecule has 0 radical (unpaired) electrons. The molecule has 3 rings (SSSR count). The Morgan fingerprint density at radius 2 is 1.97 bits per heavy atom. The predicted octanol–water partition coefficient (Wildman–Crippen LogP) is 1.58. The highest BCUT2D eigenvalue weighted by Gasteiger charge is 2.30. The van der Waals surface area contributed by atoms with Crippen LogP contribution in [0.3, 0.4) is 0 Å². The zero-order valence-electron chi connectivity index (χ0n) is 16.8. The second-order valence-corrected chi connectivity index (χ2v) is 8.05. The van der Waals surface area contributed by atoms with E-state index in [2.05, 4.69) is 0 Å². The molecule has 1 atom stereocenters. The second kappa shape index (κ2) is 10.1. The van der Waals surface area contributed by atoms with Gasteiger partial charge in [-0.25, -0.2) is 0 Å². The first-order valence-corrected chi connectivity index (χ1v) is 10.4. The van der Waals surface area contributed by atoms with Gasteiger partial charge in [-0.15, -0.1) is 0 Å².